The molecule has 0 bridgehead atoms. The van der Waals surface area contributed by atoms with Gasteiger partial charge in [-0.05, 0) is 62.6 Å². The SMILES string of the molecule is C[C@H](NC(=O)c1cnc2n1[C@](C)(Cc1ccc(C#N)cc1)C(=O)N2c1cc(Cl)cc(Cl)c1)C(=O)N1CCC[C@@H](c2nn[nH]n2)C1. The van der Waals surface area contributed by atoms with E-state index in [4.69, 9.17) is 23.2 Å². The van der Waals surface area contributed by atoms with Crippen molar-refractivity contribution < 1.29 is 14.4 Å². The first-order chi connectivity index (χ1) is 21.6. The molecule has 2 aromatic heterocycles. The Morgan fingerprint density at radius 2 is 1.93 bits per heavy atom. The summed E-state index contributed by atoms with van der Waals surface area (Å²) in [5.41, 5.74) is 0.444. The number of nitrogens with one attached hydrogen (secondary N) is 2. The third kappa shape index (κ3) is 5.63. The molecule has 6 rings (SSSR count). The molecule has 4 heterocycles. The molecular weight excluding hydrogens is 619 g/mol. The highest BCUT2D eigenvalue weighted by Gasteiger charge is 2.51. The topological polar surface area (TPSA) is 166 Å². The summed E-state index contributed by atoms with van der Waals surface area (Å²) >= 11 is 12.6. The number of imidazole rings is 1. The first-order valence-corrected chi connectivity index (χ1v) is 15.1. The van der Waals surface area contributed by atoms with E-state index in [1.165, 1.54) is 11.1 Å². The highest BCUT2D eigenvalue weighted by Crippen LogP contribution is 2.43. The van der Waals surface area contributed by atoms with Gasteiger partial charge in [-0.15, -0.1) is 10.2 Å². The van der Waals surface area contributed by atoms with E-state index in [0.29, 0.717) is 40.2 Å². The van der Waals surface area contributed by atoms with Crippen LogP contribution in [0.15, 0.2) is 48.7 Å². The fourth-order valence-corrected chi connectivity index (χ4v) is 6.58. The number of hydrogen-bond acceptors (Lipinski definition) is 8. The van der Waals surface area contributed by atoms with Crippen LogP contribution in [0.4, 0.5) is 11.6 Å². The maximum atomic E-state index is 14.3. The number of fused-ring (bicyclic) bond motifs is 1. The van der Waals surface area contributed by atoms with Crippen LogP contribution in [0.5, 0.6) is 0 Å². The number of aromatic amines is 1. The lowest BCUT2D eigenvalue weighted by Gasteiger charge is -2.33. The predicted molar refractivity (Wildman–Crippen MR) is 164 cm³/mol. The number of anilines is 2. The number of rotatable bonds is 7. The summed E-state index contributed by atoms with van der Waals surface area (Å²) in [6, 6.07) is 12.9. The summed E-state index contributed by atoms with van der Waals surface area (Å²) in [5.74, 6) is -0.460. The molecule has 13 nitrogen and oxygen atoms in total. The summed E-state index contributed by atoms with van der Waals surface area (Å²) in [4.78, 5) is 49.1. The van der Waals surface area contributed by atoms with Gasteiger partial charge in [-0.25, -0.2) is 9.88 Å². The van der Waals surface area contributed by atoms with Crippen molar-refractivity contribution >= 4 is 52.6 Å². The molecule has 0 aliphatic carbocycles. The van der Waals surface area contributed by atoms with E-state index < -0.39 is 17.5 Å². The Hall–Kier alpha value is -4.80. The summed E-state index contributed by atoms with van der Waals surface area (Å²) in [7, 11) is 0. The minimum absolute atomic E-state index is 0.0534. The maximum Gasteiger partial charge on any atom is 0.270 e. The minimum Gasteiger partial charge on any atom is -0.340 e. The number of amides is 3. The van der Waals surface area contributed by atoms with Crippen LogP contribution in [0, 0.1) is 11.3 Å². The summed E-state index contributed by atoms with van der Waals surface area (Å²) in [6.07, 6.45) is 3.16. The zero-order chi connectivity index (χ0) is 31.9. The number of H-pyrrole nitrogens is 1. The number of tetrazole rings is 1. The monoisotopic (exact) mass is 646 g/mol. The van der Waals surface area contributed by atoms with E-state index in [9.17, 15) is 19.6 Å². The Balaban J connectivity index is 1.30. The number of halogens is 2. The van der Waals surface area contributed by atoms with Crippen LogP contribution in [0.25, 0.3) is 0 Å². The number of nitrogens with zero attached hydrogens (tertiary/aromatic N) is 8. The molecule has 1 fully saturated rings. The number of benzene rings is 2. The molecule has 2 aromatic carbocycles. The first-order valence-electron chi connectivity index (χ1n) is 14.3. The maximum absolute atomic E-state index is 14.3. The van der Waals surface area contributed by atoms with Gasteiger partial charge in [-0.1, -0.05) is 40.5 Å². The lowest BCUT2D eigenvalue weighted by Crippen LogP contribution is -2.50. The lowest BCUT2D eigenvalue weighted by molar-refractivity contribution is -0.134. The molecule has 2 aliphatic heterocycles. The molecule has 45 heavy (non-hydrogen) atoms. The van der Waals surface area contributed by atoms with Gasteiger partial charge in [0.15, 0.2) is 5.82 Å². The number of carbonyl (C=O) groups excluding carboxylic acids is 3. The van der Waals surface area contributed by atoms with Crippen LogP contribution in [0.1, 0.15) is 60.0 Å². The van der Waals surface area contributed by atoms with Crippen molar-refractivity contribution in [3.8, 4) is 6.07 Å². The van der Waals surface area contributed by atoms with Gasteiger partial charge >= 0.3 is 0 Å². The molecule has 230 valence electrons. The largest absolute Gasteiger partial charge is 0.340 e. The van der Waals surface area contributed by atoms with Gasteiger partial charge in [0.25, 0.3) is 11.8 Å². The Kier molecular flexibility index (Phi) is 8.03. The number of hydrogen-bond donors (Lipinski definition) is 2. The molecule has 0 radical (unpaired) electrons. The zero-order valence-corrected chi connectivity index (χ0v) is 25.9. The molecule has 2 aliphatic rings. The Labute approximate surface area is 268 Å². The first kappa shape index (κ1) is 30.2. The summed E-state index contributed by atoms with van der Waals surface area (Å²) in [6.45, 7) is 4.31. The quantitative estimate of drug-likeness (QED) is 0.306. The number of aromatic nitrogens is 6. The summed E-state index contributed by atoms with van der Waals surface area (Å²) in [5, 5.41) is 26.9. The fraction of sp³-hybridized carbons (Fsp3) is 0.333. The van der Waals surface area contributed by atoms with Gasteiger partial charge < -0.3 is 10.2 Å². The average Bonchev–Trinajstić information content (AvgIpc) is 3.76. The molecule has 3 atom stereocenters. The van der Waals surface area contributed by atoms with Crippen molar-refractivity contribution in [3.05, 3.63) is 81.4 Å². The van der Waals surface area contributed by atoms with Crippen molar-refractivity contribution in [1.29, 1.82) is 5.26 Å². The second-order valence-corrected chi connectivity index (χ2v) is 12.3. The minimum atomic E-state index is -1.31. The van der Waals surface area contributed by atoms with Crippen LogP contribution in [-0.2, 0) is 21.5 Å². The van der Waals surface area contributed by atoms with Gasteiger partial charge in [-0.3, -0.25) is 19.0 Å². The standard InChI is InChI=1S/C30H28Cl2N10O3/c1-17(27(44)40-9-3-4-20(16-40)25-36-38-39-37-25)35-26(43)24-15-34-29-41(23-11-21(31)10-22(32)12-23)28(45)30(2,42(24)29)13-18-5-7-19(14-33)8-6-18/h5-8,10-12,15,17,20H,3-4,9,13,16H2,1-2H3,(H,35,43)(H,36,37,38,39)/t17-,20+,30+/m0/s1. The van der Waals surface area contributed by atoms with E-state index in [2.05, 4.69) is 37.0 Å². The molecule has 15 heteroatoms. The normalized spacial score (nSPS) is 20.1. The van der Waals surface area contributed by atoms with Gasteiger partial charge in [0.1, 0.15) is 17.3 Å². The second kappa shape index (κ2) is 11.9. The van der Waals surface area contributed by atoms with E-state index >= 15 is 0 Å². The van der Waals surface area contributed by atoms with Crippen molar-refractivity contribution in [3.63, 3.8) is 0 Å². The van der Waals surface area contributed by atoms with Crippen LogP contribution < -0.4 is 10.2 Å². The molecule has 0 unspecified atom stereocenters. The predicted octanol–water partition coefficient (Wildman–Crippen LogP) is 3.74. The third-order valence-corrected chi connectivity index (χ3v) is 8.68. The fourth-order valence-electron chi connectivity index (χ4n) is 6.06. The number of nitriles is 1. The van der Waals surface area contributed by atoms with E-state index in [-0.39, 0.29) is 35.8 Å². The van der Waals surface area contributed by atoms with E-state index in [1.807, 2.05) is 0 Å². The van der Waals surface area contributed by atoms with Crippen LogP contribution >= 0.6 is 23.2 Å². The molecule has 4 aromatic rings. The third-order valence-electron chi connectivity index (χ3n) is 8.25. The van der Waals surface area contributed by atoms with Gasteiger partial charge in [0, 0.05) is 35.5 Å². The molecule has 2 N–H and O–H groups in total. The zero-order valence-electron chi connectivity index (χ0n) is 24.4. The Morgan fingerprint density at radius 1 is 1.20 bits per heavy atom. The Morgan fingerprint density at radius 3 is 2.60 bits per heavy atom. The van der Waals surface area contributed by atoms with Crippen LogP contribution in [0.3, 0.4) is 0 Å². The summed E-state index contributed by atoms with van der Waals surface area (Å²) < 4.78 is 1.59. The highest BCUT2D eigenvalue weighted by atomic mass is 35.5. The second-order valence-electron chi connectivity index (χ2n) is 11.4. The molecule has 0 saturated carbocycles. The van der Waals surface area contributed by atoms with Gasteiger partial charge in [0.05, 0.1) is 23.5 Å². The Bertz CT molecular complexity index is 1800. The van der Waals surface area contributed by atoms with E-state index in [1.54, 1.807) is 65.8 Å². The van der Waals surface area contributed by atoms with Crippen molar-refractivity contribution in [2.75, 3.05) is 18.0 Å². The molecule has 3 amide bonds. The lowest BCUT2D eigenvalue weighted by atomic mass is 9.91. The smallest absolute Gasteiger partial charge is 0.270 e. The van der Waals surface area contributed by atoms with Crippen molar-refractivity contribution in [1.82, 2.24) is 40.4 Å². The molecule has 1 saturated heterocycles. The number of piperidine rings is 1. The van der Waals surface area contributed by atoms with Crippen LogP contribution in [0.2, 0.25) is 10.0 Å². The molecular formula is C30H28Cl2N10O3. The number of carbonyl (C=O) groups is 3. The van der Waals surface area contributed by atoms with E-state index in [0.717, 1.165) is 18.4 Å². The van der Waals surface area contributed by atoms with Crippen molar-refractivity contribution in [2.24, 2.45) is 0 Å². The average molecular weight is 648 g/mol. The number of likely N-dealkylation sites (tertiary alicyclic amines) is 1. The van der Waals surface area contributed by atoms with Gasteiger partial charge in [-0.2, -0.15) is 10.5 Å². The molecule has 0 spiro atoms. The van der Waals surface area contributed by atoms with Crippen LogP contribution in [-0.4, -0.2) is 71.9 Å². The highest BCUT2D eigenvalue weighted by molar-refractivity contribution is 6.35. The van der Waals surface area contributed by atoms with Gasteiger partial charge in [0.2, 0.25) is 11.9 Å². The van der Waals surface area contributed by atoms with Crippen molar-refractivity contribution in [2.45, 2.75) is 50.6 Å².